The molecule has 1 unspecified atom stereocenters. The van der Waals surface area contributed by atoms with Crippen LogP contribution in [0, 0.1) is 0 Å². The number of anilines is 2. The normalized spacial score (nSPS) is 11.7. The van der Waals surface area contributed by atoms with E-state index >= 15 is 0 Å². The van der Waals surface area contributed by atoms with Crippen LogP contribution in [-0.2, 0) is 22.6 Å². The number of halogens is 1. The van der Waals surface area contributed by atoms with Gasteiger partial charge < -0.3 is 15.4 Å². The van der Waals surface area contributed by atoms with Gasteiger partial charge in [-0.2, -0.15) is 0 Å². The van der Waals surface area contributed by atoms with Crippen molar-refractivity contribution in [1.29, 1.82) is 0 Å². The van der Waals surface area contributed by atoms with Crippen molar-refractivity contribution in [3.63, 3.8) is 0 Å². The number of nitrogens with one attached hydrogen (secondary N) is 2. The Hall–Kier alpha value is -2.89. The fourth-order valence-electron chi connectivity index (χ4n) is 2.78. The molecule has 1 atom stereocenters. The number of rotatable bonds is 9. The van der Waals surface area contributed by atoms with Gasteiger partial charge in [-0.25, -0.2) is 4.98 Å². The molecule has 0 fully saturated rings. The van der Waals surface area contributed by atoms with Crippen LogP contribution in [0.4, 0.5) is 11.5 Å². The lowest BCUT2D eigenvalue weighted by Crippen LogP contribution is -2.32. The van der Waals surface area contributed by atoms with Crippen molar-refractivity contribution in [3.8, 4) is 0 Å². The average Bonchev–Trinajstić information content (AvgIpc) is 2.74. The Labute approximate surface area is 176 Å². The lowest BCUT2D eigenvalue weighted by atomic mass is 10.1. The molecule has 1 heterocycles. The zero-order valence-corrected chi connectivity index (χ0v) is 17.0. The lowest BCUT2D eigenvalue weighted by molar-refractivity contribution is -0.116. The highest BCUT2D eigenvalue weighted by molar-refractivity contribution is 6.30. The molecule has 0 aliphatic rings. The molecule has 29 heavy (non-hydrogen) atoms. The molecular formula is C23H24ClN3O2. The Kier molecular flexibility index (Phi) is 7.61. The van der Waals surface area contributed by atoms with Crippen molar-refractivity contribution < 1.29 is 9.53 Å². The van der Waals surface area contributed by atoms with Crippen molar-refractivity contribution in [2.75, 3.05) is 17.2 Å². The number of pyridine rings is 1. The molecule has 2 aromatic carbocycles. The molecule has 3 rings (SSSR count). The van der Waals surface area contributed by atoms with E-state index in [0.29, 0.717) is 24.1 Å². The van der Waals surface area contributed by atoms with E-state index in [2.05, 4.69) is 27.8 Å². The molecule has 0 saturated heterocycles. The van der Waals surface area contributed by atoms with Gasteiger partial charge in [0.2, 0.25) is 5.91 Å². The van der Waals surface area contributed by atoms with Gasteiger partial charge in [-0.15, -0.1) is 0 Å². The second kappa shape index (κ2) is 10.6. The summed E-state index contributed by atoms with van der Waals surface area (Å²) in [5, 5.41) is 6.50. The molecule has 150 valence electrons. The molecule has 1 aromatic heterocycles. The standard InChI is InChI=1S/C23H24ClN3O2/c1-17(23(28)27-22-11-10-20(24)15-25-22)26-21-9-5-8-19(14-21)16-29-13-12-18-6-3-2-4-7-18/h2-11,14-15,17,26H,12-13,16H2,1H3,(H,25,27,28). The number of hydrogen-bond acceptors (Lipinski definition) is 4. The first-order chi connectivity index (χ1) is 14.1. The smallest absolute Gasteiger partial charge is 0.247 e. The summed E-state index contributed by atoms with van der Waals surface area (Å²) in [5.74, 6) is 0.290. The first kappa shape index (κ1) is 20.8. The molecule has 2 N–H and O–H groups in total. The van der Waals surface area contributed by atoms with E-state index in [4.69, 9.17) is 16.3 Å². The summed E-state index contributed by atoms with van der Waals surface area (Å²) in [7, 11) is 0. The maximum atomic E-state index is 12.4. The predicted molar refractivity (Wildman–Crippen MR) is 117 cm³/mol. The second-order valence-corrected chi connectivity index (χ2v) is 7.14. The van der Waals surface area contributed by atoms with Crippen LogP contribution in [0.3, 0.4) is 0 Å². The Morgan fingerprint density at radius 2 is 1.86 bits per heavy atom. The molecular weight excluding hydrogens is 386 g/mol. The fraction of sp³-hybridized carbons (Fsp3) is 0.217. The highest BCUT2D eigenvalue weighted by Gasteiger charge is 2.13. The van der Waals surface area contributed by atoms with Gasteiger partial charge in [0.1, 0.15) is 11.9 Å². The summed E-state index contributed by atoms with van der Waals surface area (Å²) in [6.45, 7) is 2.99. The van der Waals surface area contributed by atoms with E-state index < -0.39 is 6.04 Å². The third kappa shape index (κ3) is 6.89. The van der Waals surface area contributed by atoms with Gasteiger partial charge in [-0.05, 0) is 48.7 Å². The lowest BCUT2D eigenvalue weighted by Gasteiger charge is -2.16. The zero-order chi connectivity index (χ0) is 20.5. The SMILES string of the molecule is CC(Nc1cccc(COCCc2ccccc2)c1)C(=O)Nc1ccc(Cl)cn1. The molecule has 1 amide bonds. The minimum absolute atomic E-state index is 0.177. The number of carbonyl (C=O) groups is 1. The quantitative estimate of drug-likeness (QED) is 0.492. The number of carbonyl (C=O) groups excluding carboxylic acids is 1. The molecule has 0 radical (unpaired) electrons. The van der Waals surface area contributed by atoms with Crippen LogP contribution in [0.15, 0.2) is 72.9 Å². The number of aromatic nitrogens is 1. The van der Waals surface area contributed by atoms with Crippen molar-refractivity contribution in [2.45, 2.75) is 26.0 Å². The third-order valence-corrected chi connectivity index (χ3v) is 4.55. The van der Waals surface area contributed by atoms with Crippen molar-refractivity contribution in [1.82, 2.24) is 4.98 Å². The molecule has 0 aliphatic heterocycles. The van der Waals surface area contributed by atoms with Crippen LogP contribution in [0.2, 0.25) is 5.02 Å². The number of nitrogens with zero attached hydrogens (tertiary/aromatic N) is 1. The van der Waals surface area contributed by atoms with Crippen molar-refractivity contribution in [2.24, 2.45) is 0 Å². The van der Waals surface area contributed by atoms with E-state index in [1.165, 1.54) is 11.8 Å². The molecule has 0 saturated carbocycles. The van der Waals surface area contributed by atoms with E-state index in [1.807, 2.05) is 42.5 Å². The summed E-state index contributed by atoms with van der Waals surface area (Å²) in [6.07, 6.45) is 2.38. The molecule has 3 aromatic rings. The highest BCUT2D eigenvalue weighted by atomic mass is 35.5. The minimum Gasteiger partial charge on any atom is -0.376 e. The van der Waals surface area contributed by atoms with Gasteiger partial charge in [-0.3, -0.25) is 4.79 Å². The predicted octanol–water partition coefficient (Wildman–Crippen LogP) is 4.93. The fourth-order valence-corrected chi connectivity index (χ4v) is 2.89. The summed E-state index contributed by atoms with van der Waals surface area (Å²) >= 11 is 5.81. The highest BCUT2D eigenvalue weighted by Crippen LogP contribution is 2.14. The Bertz CT molecular complexity index is 917. The van der Waals surface area contributed by atoms with Crippen LogP contribution >= 0.6 is 11.6 Å². The Balaban J connectivity index is 1.46. The van der Waals surface area contributed by atoms with E-state index in [1.54, 1.807) is 19.1 Å². The number of benzene rings is 2. The monoisotopic (exact) mass is 409 g/mol. The molecule has 0 spiro atoms. The van der Waals surface area contributed by atoms with Crippen LogP contribution < -0.4 is 10.6 Å². The first-order valence-corrected chi connectivity index (χ1v) is 9.87. The maximum absolute atomic E-state index is 12.4. The summed E-state index contributed by atoms with van der Waals surface area (Å²) < 4.78 is 5.79. The third-order valence-electron chi connectivity index (χ3n) is 4.33. The van der Waals surface area contributed by atoms with Gasteiger partial charge in [0, 0.05) is 11.9 Å². The molecule has 0 bridgehead atoms. The molecule has 5 nitrogen and oxygen atoms in total. The van der Waals surface area contributed by atoms with Crippen molar-refractivity contribution >= 4 is 29.0 Å². The van der Waals surface area contributed by atoms with Crippen molar-refractivity contribution in [3.05, 3.63) is 89.1 Å². The van der Waals surface area contributed by atoms with Crippen LogP contribution in [0.1, 0.15) is 18.1 Å². The topological polar surface area (TPSA) is 63.2 Å². The Morgan fingerprint density at radius 3 is 2.62 bits per heavy atom. The van der Waals surface area contributed by atoms with Crippen LogP contribution in [-0.4, -0.2) is 23.5 Å². The molecule has 6 heteroatoms. The van der Waals surface area contributed by atoms with Gasteiger partial charge in [0.25, 0.3) is 0 Å². The number of amides is 1. The average molecular weight is 410 g/mol. The van der Waals surface area contributed by atoms with Gasteiger partial charge in [0.15, 0.2) is 0 Å². The van der Waals surface area contributed by atoms with E-state index in [9.17, 15) is 4.79 Å². The first-order valence-electron chi connectivity index (χ1n) is 9.50. The Morgan fingerprint density at radius 1 is 1.07 bits per heavy atom. The summed E-state index contributed by atoms with van der Waals surface area (Å²) in [6, 6.07) is 21.1. The van der Waals surface area contributed by atoms with Crippen LogP contribution in [0.5, 0.6) is 0 Å². The van der Waals surface area contributed by atoms with Gasteiger partial charge in [0.05, 0.1) is 18.2 Å². The summed E-state index contributed by atoms with van der Waals surface area (Å²) in [4.78, 5) is 16.4. The maximum Gasteiger partial charge on any atom is 0.247 e. The van der Waals surface area contributed by atoms with E-state index in [-0.39, 0.29) is 5.91 Å². The van der Waals surface area contributed by atoms with Crippen LogP contribution in [0.25, 0.3) is 0 Å². The minimum atomic E-state index is -0.429. The second-order valence-electron chi connectivity index (χ2n) is 6.71. The summed E-state index contributed by atoms with van der Waals surface area (Å²) in [5.41, 5.74) is 3.17. The van der Waals surface area contributed by atoms with E-state index in [0.717, 1.165) is 17.7 Å². The number of ether oxygens (including phenoxy) is 1. The van der Waals surface area contributed by atoms with Gasteiger partial charge in [-0.1, -0.05) is 54.1 Å². The zero-order valence-electron chi connectivity index (χ0n) is 16.3. The molecule has 0 aliphatic carbocycles. The number of hydrogen-bond donors (Lipinski definition) is 2. The largest absolute Gasteiger partial charge is 0.376 e. The van der Waals surface area contributed by atoms with Gasteiger partial charge >= 0.3 is 0 Å².